The molecule has 1 atom stereocenters. The van der Waals surface area contributed by atoms with Gasteiger partial charge in [-0.3, -0.25) is 9.59 Å². The summed E-state index contributed by atoms with van der Waals surface area (Å²) in [6, 6.07) is 5.46. The standard InChI is InChI=1S/C11H14FN3O2/c1-15(6-10(13)16)7-11(17)14-9-4-2-8(12)3-5-9/h2-5H,6-7H2,1H3,(H2,13,16)(H,14,17)/p+1. The SMILES string of the molecule is C[NH+](CC(N)=O)CC(=O)Nc1ccc(F)cc1. The zero-order valence-corrected chi connectivity index (χ0v) is 9.50. The molecule has 1 aromatic carbocycles. The number of amides is 2. The van der Waals surface area contributed by atoms with Gasteiger partial charge in [-0.25, -0.2) is 4.39 Å². The summed E-state index contributed by atoms with van der Waals surface area (Å²) < 4.78 is 12.6. The van der Waals surface area contributed by atoms with E-state index >= 15 is 0 Å². The predicted octanol–water partition coefficient (Wildman–Crippen LogP) is -1.24. The van der Waals surface area contributed by atoms with E-state index in [0.29, 0.717) is 10.6 Å². The van der Waals surface area contributed by atoms with Crippen LogP contribution < -0.4 is 16.0 Å². The molecule has 0 aliphatic rings. The minimum absolute atomic E-state index is 0.0941. The Morgan fingerprint density at radius 1 is 1.29 bits per heavy atom. The Bertz CT molecular complexity index is 406. The van der Waals surface area contributed by atoms with Crippen LogP contribution in [0.15, 0.2) is 24.3 Å². The first kappa shape index (κ1) is 13.1. The molecule has 0 radical (unpaired) electrons. The molecule has 0 aliphatic heterocycles. The van der Waals surface area contributed by atoms with E-state index in [1.54, 1.807) is 7.05 Å². The van der Waals surface area contributed by atoms with Crippen LogP contribution >= 0.6 is 0 Å². The van der Waals surface area contributed by atoms with Crippen molar-refractivity contribution in [1.29, 1.82) is 0 Å². The number of halogens is 1. The van der Waals surface area contributed by atoms with E-state index in [0.717, 1.165) is 0 Å². The Morgan fingerprint density at radius 3 is 2.41 bits per heavy atom. The quantitative estimate of drug-likeness (QED) is 0.602. The van der Waals surface area contributed by atoms with Gasteiger partial charge in [0, 0.05) is 5.69 Å². The lowest BCUT2D eigenvalue weighted by Gasteiger charge is -2.11. The van der Waals surface area contributed by atoms with Crippen LogP contribution in [0.3, 0.4) is 0 Å². The third-order valence-corrected chi connectivity index (χ3v) is 2.07. The summed E-state index contributed by atoms with van der Waals surface area (Å²) >= 11 is 0. The van der Waals surface area contributed by atoms with E-state index in [2.05, 4.69) is 5.32 Å². The molecule has 0 aliphatic carbocycles. The fraction of sp³-hybridized carbons (Fsp3) is 0.273. The second-order valence-corrected chi connectivity index (χ2v) is 3.83. The molecule has 92 valence electrons. The molecule has 0 spiro atoms. The van der Waals surface area contributed by atoms with Crippen molar-refractivity contribution in [2.75, 3.05) is 25.5 Å². The van der Waals surface area contributed by atoms with Gasteiger partial charge in [0.05, 0.1) is 7.05 Å². The van der Waals surface area contributed by atoms with E-state index in [1.807, 2.05) is 0 Å². The average Bonchev–Trinajstić information content (AvgIpc) is 2.19. The lowest BCUT2D eigenvalue weighted by molar-refractivity contribution is -0.862. The van der Waals surface area contributed by atoms with Gasteiger partial charge in [-0.1, -0.05) is 0 Å². The summed E-state index contributed by atoms with van der Waals surface area (Å²) in [5.74, 6) is -1.08. The topological polar surface area (TPSA) is 76.6 Å². The van der Waals surface area contributed by atoms with E-state index in [4.69, 9.17) is 5.73 Å². The number of primary amides is 1. The van der Waals surface area contributed by atoms with Crippen LogP contribution in [0.2, 0.25) is 0 Å². The van der Waals surface area contributed by atoms with E-state index in [9.17, 15) is 14.0 Å². The molecule has 0 aromatic heterocycles. The Morgan fingerprint density at radius 2 is 1.88 bits per heavy atom. The minimum Gasteiger partial charge on any atom is -0.365 e. The molecule has 1 rings (SSSR count). The highest BCUT2D eigenvalue weighted by Gasteiger charge is 2.12. The molecule has 0 saturated carbocycles. The van der Waals surface area contributed by atoms with Crippen LogP contribution in [0.25, 0.3) is 0 Å². The number of nitrogens with one attached hydrogen (secondary N) is 2. The van der Waals surface area contributed by atoms with E-state index in [1.165, 1.54) is 24.3 Å². The lowest BCUT2D eigenvalue weighted by atomic mass is 10.3. The smallest absolute Gasteiger partial charge is 0.279 e. The lowest BCUT2D eigenvalue weighted by Crippen LogP contribution is -3.11. The summed E-state index contributed by atoms with van der Waals surface area (Å²) in [5.41, 5.74) is 5.52. The highest BCUT2D eigenvalue weighted by molar-refractivity contribution is 5.91. The first-order chi connectivity index (χ1) is 7.97. The zero-order chi connectivity index (χ0) is 12.8. The summed E-state index contributed by atoms with van der Waals surface area (Å²) in [4.78, 5) is 22.8. The highest BCUT2D eigenvalue weighted by Crippen LogP contribution is 2.07. The average molecular weight is 240 g/mol. The number of hydrogen-bond donors (Lipinski definition) is 3. The van der Waals surface area contributed by atoms with Gasteiger partial charge in [-0.15, -0.1) is 0 Å². The Kier molecular flexibility index (Phi) is 4.59. The van der Waals surface area contributed by atoms with Gasteiger partial charge in [-0.2, -0.15) is 0 Å². The fourth-order valence-electron chi connectivity index (χ4n) is 1.37. The number of quaternary nitrogens is 1. The maximum Gasteiger partial charge on any atom is 0.279 e. The number of benzene rings is 1. The van der Waals surface area contributed by atoms with Gasteiger partial charge in [0.15, 0.2) is 13.1 Å². The first-order valence-corrected chi connectivity index (χ1v) is 5.12. The van der Waals surface area contributed by atoms with Crippen LogP contribution in [0.5, 0.6) is 0 Å². The number of hydrogen-bond acceptors (Lipinski definition) is 2. The number of rotatable bonds is 5. The molecule has 1 aromatic rings. The molecular formula is C11H15FN3O2+. The molecule has 0 bridgehead atoms. The number of nitrogens with two attached hydrogens (primary N) is 1. The van der Waals surface area contributed by atoms with Crippen molar-refractivity contribution < 1.29 is 18.9 Å². The van der Waals surface area contributed by atoms with Gasteiger partial charge in [0.1, 0.15) is 5.82 Å². The highest BCUT2D eigenvalue weighted by atomic mass is 19.1. The molecule has 6 heteroatoms. The van der Waals surface area contributed by atoms with Crippen molar-refractivity contribution in [2.45, 2.75) is 0 Å². The van der Waals surface area contributed by atoms with Crippen LogP contribution in [0.1, 0.15) is 0 Å². The van der Waals surface area contributed by atoms with Gasteiger partial charge in [0.2, 0.25) is 0 Å². The molecule has 2 amide bonds. The second-order valence-electron chi connectivity index (χ2n) is 3.83. The van der Waals surface area contributed by atoms with E-state index in [-0.39, 0.29) is 24.8 Å². The molecule has 0 saturated heterocycles. The van der Waals surface area contributed by atoms with Crippen LogP contribution in [0, 0.1) is 5.82 Å². The van der Waals surface area contributed by atoms with Crippen molar-refractivity contribution in [1.82, 2.24) is 0 Å². The Labute approximate surface area is 98.4 Å². The molecule has 0 heterocycles. The van der Waals surface area contributed by atoms with E-state index < -0.39 is 5.91 Å². The van der Waals surface area contributed by atoms with Crippen LogP contribution in [0.4, 0.5) is 10.1 Å². The molecule has 5 nitrogen and oxygen atoms in total. The van der Waals surface area contributed by atoms with Crippen LogP contribution in [-0.4, -0.2) is 32.0 Å². The monoisotopic (exact) mass is 240 g/mol. The maximum atomic E-state index is 12.6. The van der Waals surface area contributed by atoms with Gasteiger partial charge in [0.25, 0.3) is 11.8 Å². The van der Waals surface area contributed by atoms with Crippen LogP contribution in [-0.2, 0) is 9.59 Å². The normalized spacial score (nSPS) is 11.9. The molecular weight excluding hydrogens is 225 g/mol. The third kappa shape index (κ3) is 5.07. The summed E-state index contributed by atoms with van der Waals surface area (Å²) in [6.45, 7) is 0.219. The fourth-order valence-corrected chi connectivity index (χ4v) is 1.37. The summed E-state index contributed by atoms with van der Waals surface area (Å²) in [5, 5.41) is 2.59. The number of carbonyl (C=O) groups excluding carboxylic acids is 2. The first-order valence-electron chi connectivity index (χ1n) is 5.12. The number of likely N-dealkylation sites (N-methyl/N-ethyl adjacent to an activating group) is 1. The molecule has 4 N–H and O–H groups in total. The summed E-state index contributed by atoms with van der Waals surface area (Å²) in [6.07, 6.45) is 0. The minimum atomic E-state index is -0.461. The number of anilines is 1. The van der Waals surface area contributed by atoms with Crippen molar-refractivity contribution in [3.05, 3.63) is 30.1 Å². The van der Waals surface area contributed by atoms with Crippen molar-refractivity contribution in [2.24, 2.45) is 5.73 Å². The van der Waals surface area contributed by atoms with Gasteiger partial charge in [-0.05, 0) is 24.3 Å². The zero-order valence-electron chi connectivity index (χ0n) is 9.50. The van der Waals surface area contributed by atoms with Crippen molar-refractivity contribution in [3.8, 4) is 0 Å². The van der Waals surface area contributed by atoms with Crippen molar-refractivity contribution >= 4 is 17.5 Å². The van der Waals surface area contributed by atoms with Crippen molar-refractivity contribution in [3.63, 3.8) is 0 Å². The molecule has 0 fully saturated rings. The molecule has 1 unspecified atom stereocenters. The largest absolute Gasteiger partial charge is 0.365 e. The predicted molar refractivity (Wildman–Crippen MR) is 60.8 cm³/mol. The third-order valence-electron chi connectivity index (χ3n) is 2.07. The summed E-state index contributed by atoms with van der Waals surface area (Å²) in [7, 11) is 1.69. The van der Waals surface area contributed by atoms with Gasteiger partial charge < -0.3 is 16.0 Å². The second kappa shape index (κ2) is 5.95. The Hall–Kier alpha value is -1.95. The maximum absolute atomic E-state index is 12.6. The van der Waals surface area contributed by atoms with Gasteiger partial charge >= 0.3 is 0 Å². The molecule has 17 heavy (non-hydrogen) atoms. The number of carbonyl (C=O) groups is 2. The Balaban J connectivity index is 2.44.